The first kappa shape index (κ1) is 20.8. The molecule has 1 fully saturated rings. The van der Waals surface area contributed by atoms with Crippen molar-refractivity contribution in [2.45, 2.75) is 38.3 Å². The van der Waals surface area contributed by atoms with Crippen LogP contribution in [0.1, 0.15) is 30.8 Å². The number of aliphatic imine (C=N–C) groups is 1. The van der Waals surface area contributed by atoms with E-state index in [1.54, 1.807) is 12.5 Å². The van der Waals surface area contributed by atoms with Gasteiger partial charge in [0.15, 0.2) is 5.96 Å². The first-order chi connectivity index (χ1) is 12.3. The molecule has 26 heavy (non-hydrogen) atoms. The third kappa shape index (κ3) is 6.68. The third-order valence-electron chi connectivity index (χ3n) is 4.29. The van der Waals surface area contributed by atoms with Crippen molar-refractivity contribution in [2.24, 2.45) is 4.99 Å². The Labute approximate surface area is 172 Å². The van der Waals surface area contributed by atoms with Gasteiger partial charge in [-0.05, 0) is 43.5 Å². The molecule has 0 bridgehead atoms. The SMILES string of the molecule is CN(Cc1ccco1)C(=NCC1CCCCO1)NCCc1ccco1.I. The molecule has 0 aromatic carbocycles. The highest BCUT2D eigenvalue weighted by atomic mass is 127. The van der Waals surface area contributed by atoms with Crippen LogP contribution in [0.15, 0.2) is 50.6 Å². The summed E-state index contributed by atoms with van der Waals surface area (Å²) in [5.41, 5.74) is 0. The predicted octanol–water partition coefficient (Wildman–Crippen LogP) is 3.68. The maximum Gasteiger partial charge on any atom is 0.194 e. The van der Waals surface area contributed by atoms with Crippen LogP contribution < -0.4 is 5.32 Å². The van der Waals surface area contributed by atoms with E-state index in [0.717, 1.165) is 49.9 Å². The first-order valence-electron chi connectivity index (χ1n) is 8.97. The van der Waals surface area contributed by atoms with Crippen molar-refractivity contribution >= 4 is 29.9 Å². The van der Waals surface area contributed by atoms with Gasteiger partial charge in [0.1, 0.15) is 11.5 Å². The van der Waals surface area contributed by atoms with Crippen molar-refractivity contribution in [3.63, 3.8) is 0 Å². The van der Waals surface area contributed by atoms with E-state index in [4.69, 9.17) is 18.6 Å². The molecule has 0 spiro atoms. The Morgan fingerprint density at radius 1 is 1.19 bits per heavy atom. The zero-order chi connectivity index (χ0) is 17.3. The van der Waals surface area contributed by atoms with Crippen molar-refractivity contribution in [3.05, 3.63) is 48.3 Å². The number of guanidine groups is 1. The predicted molar refractivity (Wildman–Crippen MR) is 112 cm³/mol. The van der Waals surface area contributed by atoms with Gasteiger partial charge in [-0.1, -0.05) is 0 Å². The molecule has 1 aliphatic rings. The Hall–Kier alpha value is -1.48. The molecule has 2 aromatic rings. The number of nitrogens with zero attached hydrogens (tertiary/aromatic N) is 2. The fourth-order valence-corrected chi connectivity index (χ4v) is 2.91. The summed E-state index contributed by atoms with van der Waals surface area (Å²) in [5, 5.41) is 3.43. The average Bonchev–Trinajstić information content (AvgIpc) is 3.32. The number of halogens is 1. The van der Waals surface area contributed by atoms with Gasteiger partial charge in [-0.15, -0.1) is 24.0 Å². The van der Waals surface area contributed by atoms with Gasteiger partial charge >= 0.3 is 0 Å². The minimum absolute atomic E-state index is 0. The molecule has 0 amide bonds. The Morgan fingerprint density at radius 2 is 1.96 bits per heavy atom. The molecule has 7 heteroatoms. The minimum Gasteiger partial charge on any atom is -0.469 e. The topological polar surface area (TPSA) is 63.1 Å². The van der Waals surface area contributed by atoms with Crippen molar-refractivity contribution in [1.29, 1.82) is 0 Å². The fraction of sp³-hybridized carbons (Fsp3) is 0.526. The van der Waals surface area contributed by atoms with Crippen molar-refractivity contribution in [2.75, 3.05) is 26.7 Å². The summed E-state index contributed by atoms with van der Waals surface area (Å²) in [7, 11) is 2.02. The number of ether oxygens (including phenoxy) is 1. The summed E-state index contributed by atoms with van der Waals surface area (Å²) >= 11 is 0. The second-order valence-corrected chi connectivity index (χ2v) is 6.34. The van der Waals surface area contributed by atoms with Gasteiger partial charge in [0, 0.05) is 26.6 Å². The maximum absolute atomic E-state index is 5.79. The highest BCUT2D eigenvalue weighted by Crippen LogP contribution is 2.13. The Morgan fingerprint density at radius 3 is 2.62 bits per heavy atom. The zero-order valence-corrected chi connectivity index (χ0v) is 17.6. The molecule has 2 aromatic heterocycles. The molecule has 0 aliphatic carbocycles. The molecule has 3 rings (SSSR count). The van der Waals surface area contributed by atoms with E-state index in [9.17, 15) is 0 Å². The van der Waals surface area contributed by atoms with Crippen LogP contribution in [-0.2, 0) is 17.7 Å². The quantitative estimate of drug-likeness (QED) is 0.378. The molecule has 1 N–H and O–H groups in total. The molecule has 3 heterocycles. The number of hydrogen-bond acceptors (Lipinski definition) is 4. The van der Waals surface area contributed by atoms with Crippen LogP contribution in [0.5, 0.6) is 0 Å². The smallest absolute Gasteiger partial charge is 0.194 e. The minimum atomic E-state index is 0. The maximum atomic E-state index is 5.79. The molecule has 1 saturated heterocycles. The van der Waals surface area contributed by atoms with Gasteiger partial charge in [0.05, 0.1) is 31.7 Å². The standard InChI is InChI=1S/C19H27N3O3.HI/c1-22(15-18-8-5-13-25-18)19(20-10-9-16-7-4-12-23-16)21-14-17-6-2-3-11-24-17;/h4-5,7-8,12-13,17H,2-3,6,9-11,14-15H2,1H3,(H,20,21);1H. The summed E-state index contributed by atoms with van der Waals surface area (Å²) in [5.74, 6) is 2.74. The lowest BCUT2D eigenvalue weighted by Gasteiger charge is -2.24. The van der Waals surface area contributed by atoms with Gasteiger partial charge in [-0.2, -0.15) is 0 Å². The summed E-state index contributed by atoms with van der Waals surface area (Å²) in [6, 6.07) is 7.77. The molecule has 0 saturated carbocycles. The van der Waals surface area contributed by atoms with Crippen molar-refractivity contribution in [3.8, 4) is 0 Å². The molecule has 1 atom stereocenters. The van der Waals surface area contributed by atoms with E-state index in [-0.39, 0.29) is 30.1 Å². The molecule has 144 valence electrons. The molecule has 1 unspecified atom stereocenters. The third-order valence-corrected chi connectivity index (χ3v) is 4.29. The normalized spacial score (nSPS) is 17.6. The second-order valence-electron chi connectivity index (χ2n) is 6.34. The van der Waals surface area contributed by atoms with Gasteiger partial charge in [-0.25, -0.2) is 0 Å². The van der Waals surface area contributed by atoms with Crippen LogP contribution in [0, 0.1) is 0 Å². The van der Waals surface area contributed by atoms with Crippen LogP contribution in [0.3, 0.4) is 0 Å². The fourth-order valence-electron chi connectivity index (χ4n) is 2.91. The number of hydrogen-bond donors (Lipinski definition) is 1. The molecule has 6 nitrogen and oxygen atoms in total. The van der Waals surface area contributed by atoms with Crippen LogP contribution in [0.4, 0.5) is 0 Å². The van der Waals surface area contributed by atoms with E-state index in [1.807, 2.05) is 31.3 Å². The van der Waals surface area contributed by atoms with Crippen LogP contribution >= 0.6 is 24.0 Å². The van der Waals surface area contributed by atoms with Gasteiger partial charge in [0.2, 0.25) is 0 Å². The van der Waals surface area contributed by atoms with Crippen LogP contribution in [0.2, 0.25) is 0 Å². The molecular weight excluding hydrogens is 445 g/mol. The zero-order valence-electron chi connectivity index (χ0n) is 15.2. The summed E-state index contributed by atoms with van der Waals surface area (Å²) in [4.78, 5) is 6.85. The lowest BCUT2D eigenvalue weighted by atomic mass is 10.1. The first-order valence-corrected chi connectivity index (χ1v) is 8.97. The van der Waals surface area contributed by atoms with Crippen molar-refractivity contribution < 1.29 is 13.6 Å². The summed E-state index contributed by atoms with van der Waals surface area (Å²) in [6.07, 6.45) is 7.92. The summed E-state index contributed by atoms with van der Waals surface area (Å²) in [6.45, 7) is 2.97. The van der Waals surface area contributed by atoms with E-state index in [2.05, 4.69) is 10.2 Å². The van der Waals surface area contributed by atoms with E-state index in [1.165, 1.54) is 6.42 Å². The monoisotopic (exact) mass is 473 g/mol. The largest absolute Gasteiger partial charge is 0.469 e. The highest BCUT2D eigenvalue weighted by Gasteiger charge is 2.15. The van der Waals surface area contributed by atoms with Crippen LogP contribution in [0.25, 0.3) is 0 Å². The Bertz CT molecular complexity index is 623. The second kappa shape index (κ2) is 11.3. The van der Waals surface area contributed by atoms with Gasteiger partial charge < -0.3 is 23.8 Å². The highest BCUT2D eigenvalue weighted by molar-refractivity contribution is 14.0. The number of furan rings is 2. The number of rotatable bonds is 7. The Kier molecular flexibility index (Phi) is 9.04. The molecule has 1 aliphatic heterocycles. The van der Waals surface area contributed by atoms with E-state index < -0.39 is 0 Å². The lowest BCUT2D eigenvalue weighted by Crippen LogP contribution is -2.40. The van der Waals surface area contributed by atoms with Gasteiger partial charge in [0.25, 0.3) is 0 Å². The van der Waals surface area contributed by atoms with Crippen LogP contribution in [-0.4, -0.2) is 43.7 Å². The summed E-state index contributed by atoms with van der Waals surface area (Å²) < 4.78 is 16.6. The van der Waals surface area contributed by atoms with E-state index >= 15 is 0 Å². The molecule has 0 radical (unpaired) electrons. The number of nitrogens with one attached hydrogen (secondary N) is 1. The van der Waals surface area contributed by atoms with Gasteiger partial charge in [-0.3, -0.25) is 4.99 Å². The molecular formula is C19H28IN3O3. The average molecular weight is 473 g/mol. The van der Waals surface area contributed by atoms with E-state index in [0.29, 0.717) is 13.1 Å². The lowest BCUT2D eigenvalue weighted by molar-refractivity contribution is 0.0223. The van der Waals surface area contributed by atoms with Crippen molar-refractivity contribution in [1.82, 2.24) is 10.2 Å². The Balaban J connectivity index is 0.00000243.